The van der Waals surface area contributed by atoms with Gasteiger partial charge in [0.2, 0.25) is 5.91 Å². The van der Waals surface area contributed by atoms with Crippen molar-refractivity contribution < 1.29 is 26.3 Å². The third kappa shape index (κ3) is 5.25. The van der Waals surface area contributed by atoms with Gasteiger partial charge < -0.3 is 22.7 Å². The molecule has 4 rings (SSSR count). The summed E-state index contributed by atoms with van der Waals surface area (Å²) in [6.07, 6.45) is 5.72. The molecule has 0 aliphatic carbocycles. The van der Waals surface area contributed by atoms with E-state index in [-0.39, 0.29) is 22.9 Å². The Bertz CT molecular complexity index is 1120. The van der Waals surface area contributed by atoms with Gasteiger partial charge in [-0.2, -0.15) is 0 Å². The van der Waals surface area contributed by atoms with Crippen LogP contribution in [0.1, 0.15) is 35.4 Å². The van der Waals surface area contributed by atoms with Gasteiger partial charge in [-0.1, -0.05) is 91.0 Å². The number of hydrogen-bond acceptors (Lipinski definition) is 1. The molecule has 0 atom stereocenters. The number of carbonyl (C=O) groups excluding carboxylic acids is 1. The third-order valence-electron chi connectivity index (χ3n) is 6.36. The van der Waals surface area contributed by atoms with Crippen molar-refractivity contribution in [1.29, 1.82) is 0 Å². The molecule has 0 fully saturated rings. The first kappa shape index (κ1) is 24.5. The molecular weight excluding hydrogens is 474 g/mol. The zero-order valence-electron chi connectivity index (χ0n) is 18.9. The summed E-state index contributed by atoms with van der Waals surface area (Å²) in [5.41, 5.74) is 8.41. The molecule has 1 heterocycles. The van der Waals surface area contributed by atoms with Crippen LogP contribution in [0.2, 0.25) is 0 Å². The lowest BCUT2D eigenvalue weighted by Gasteiger charge is -2.32. The van der Waals surface area contributed by atoms with E-state index in [0.717, 1.165) is 30.6 Å². The minimum Gasteiger partial charge on any atom is -1.00 e. The number of benzene rings is 3. The Morgan fingerprint density at radius 2 is 1.39 bits per heavy atom. The number of carbonyl (C=O) groups is 1. The van der Waals surface area contributed by atoms with Crippen LogP contribution in [0, 0.1) is 6.92 Å². The van der Waals surface area contributed by atoms with Gasteiger partial charge in [-0.05, 0) is 29.5 Å². The number of nitrogens with zero attached hydrogens (tertiary/aromatic N) is 2. The highest BCUT2D eigenvalue weighted by Crippen LogP contribution is 2.37. The van der Waals surface area contributed by atoms with Gasteiger partial charge in [-0.3, -0.25) is 4.79 Å². The van der Waals surface area contributed by atoms with Gasteiger partial charge in [0.1, 0.15) is 18.9 Å². The first-order valence-electron chi connectivity index (χ1n) is 11.1. The minimum absolute atomic E-state index is 0. The van der Waals surface area contributed by atoms with E-state index in [9.17, 15) is 4.79 Å². The molecule has 1 aromatic heterocycles. The smallest absolute Gasteiger partial charge is 0.253 e. The summed E-state index contributed by atoms with van der Waals surface area (Å²) in [6, 6.07) is 30.3. The number of aromatic nitrogens is 2. The molecule has 0 radical (unpaired) electrons. The summed E-state index contributed by atoms with van der Waals surface area (Å²) in [6.45, 7) is 3.81. The van der Waals surface area contributed by atoms with Crippen molar-refractivity contribution in [3.8, 4) is 0 Å². The van der Waals surface area contributed by atoms with Gasteiger partial charge in [0.15, 0.2) is 0 Å². The van der Waals surface area contributed by atoms with Crippen molar-refractivity contribution in [2.24, 2.45) is 5.73 Å². The predicted octanol–water partition coefficient (Wildman–Crippen LogP) is 1.39. The molecule has 0 aliphatic rings. The Balaban J connectivity index is 0.00000306. The van der Waals surface area contributed by atoms with Crippen LogP contribution in [0.4, 0.5) is 0 Å². The van der Waals surface area contributed by atoms with Crippen LogP contribution in [0.3, 0.4) is 0 Å². The number of primary amides is 1. The van der Waals surface area contributed by atoms with Crippen LogP contribution in [0.15, 0.2) is 103 Å². The Labute approximate surface area is 206 Å². The number of imidazole rings is 1. The van der Waals surface area contributed by atoms with Crippen molar-refractivity contribution in [1.82, 2.24) is 4.57 Å². The maximum absolute atomic E-state index is 13.0. The maximum atomic E-state index is 13.0. The Kier molecular flexibility index (Phi) is 8.23. The van der Waals surface area contributed by atoms with Gasteiger partial charge in [-0.25, -0.2) is 9.13 Å². The van der Waals surface area contributed by atoms with Crippen molar-refractivity contribution in [2.75, 3.05) is 0 Å². The standard InChI is InChI=1S/C28H29N3O.BrH/c1-23-30(20-21-31(23)22-24-12-5-2-6-13-24)19-11-18-28(27(29)32,25-14-7-3-8-15-25)26-16-9-4-10-17-26;/h2-10,12-17,20-21H,11,18-19,22H2,1H3,(H-,29,32);1H. The molecule has 2 N–H and O–H groups in total. The Hall–Kier alpha value is -3.18. The van der Waals surface area contributed by atoms with Crippen molar-refractivity contribution >= 4 is 5.91 Å². The van der Waals surface area contributed by atoms with Crippen LogP contribution in [0.5, 0.6) is 0 Å². The lowest BCUT2D eigenvalue weighted by molar-refractivity contribution is -0.694. The highest BCUT2D eigenvalue weighted by atomic mass is 79.9. The molecule has 4 nitrogen and oxygen atoms in total. The molecule has 0 saturated carbocycles. The summed E-state index contributed by atoms with van der Waals surface area (Å²) in [4.78, 5) is 13.0. The fraction of sp³-hybridized carbons (Fsp3) is 0.214. The largest absolute Gasteiger partial charge is 1.00 e. The first-order valence-corrected chi connectivity index (χ1v) is 11.1. The SMILES string of the molecule is Cc1n(CCCC(C(N)=O)(c2ccccc2)c2ccccc2)cc[n+]1Cc1ccccc1.[Br-]. The summed E-state index contributed by atoms with van der Waals surface area (Å²) >= 11 is 0. The van der Waals surface area contributed by atoms with Gasteiger partial charge in [0, 0.05) is 6.92 Å². The second kappa shape index (κ2) is 11.1. The van der Waals surface area contributed by atoms with Crippen LogP contribution in [-0.4, -0.2) is 10.5 Å². The molecule has 33 heavy (non-hydrogen) atoms. The van der Waals surface area contributed by atoms with Gasteiger partial charge in [0.05, 0.1) is 12.0 Å². The molecule has 1 amide bonds. The highest BCUT2D eigenvalue weighted by molar-refractivity contribution is 5.90. The monoisotopic (exact) mass is 503 g/mol. The van der Waals surface area contributed by atoms with E-state index < -0.39 is 5.41 Å². The Morgan fingerprint density at radius 3 is 1.91 bits per heavy atom. The van der Waals surface area contributed by atoms with E-state index in [2.05, 4.69) is 52.7 Å². The molecular formula is C28H30BrN3O. The van der Waals surface area contributed by atoms with Crippen molar-refractivity contribution in [2.45, 2.75) is 38.3 Å². The lowest BCUT2D eigenvalue weighted by Crippen LogP contribution is -3.00. The van der Waals surface area contributed by atoms with E-state index in [4.69, 9.17) is 5.73 Å². The molecule has 0 saturated heterocycles. The van der Waals surface area contributed by atoms with E-state index in [1.54, 1.807) is 0 Å². The number of aryl methyl sites for hydroxylation is 1. The second-order valence-electron chi connectivity index (χ2n) is 8.26. The minimum atomic E-state index is -0.844. The zero-order valence-corrected chi connectivity index (χ0v) is 20.5. The number of amides is 1. The number of halogens is 1. The number of rotatable bonds is 9. The third-order valence-corrected chi connectivity index (χ3v) is 6.36. The number of nitrogens with two attached hydrogens (primary N) is 1. The molecule has 4 aromatic rings. The molecule has 170 valence electrons. The van der Waals surface area contributed by atoms with Gasteiger partial charge in [0.25, 0.3) is 5.82 Å². The van der Waals surface area contributed by atoms with Crippen molar-refractivity contribution in [3.63, 3.8) is 0 Å². The molecule has 5 heteroatoms. The molecule has 3 aromatic carbocycles. The lowest BCUT2D eigenvalue weighted by atomic mass is 9.70. The van der Waals surface area contributed by atoms with Gasteiger partial charge in [-0.15, -0.1) is 0 Å². The average molecular weight is 504 g/mol. The van der Waals surface area contributed by atoms with Gasteiger partial charge >= 0.3 is 0 Å². The van der Waals surface area contributed by atoms with Crippen molar-refractivity contribution in [3.05, 3.63) is 126 Å². The normalized spacial score (nSPS) is 11.1. The summed E-state index contributed by atoms with van der Waals surface area (Å²) in [5.74, 6) is 0.885. The molecule has 0 bridgehead atoms. The quantitative estimate of drug-likeness (QED) is 0.345. The second-order valence-corrected chi connectivity index (χ2v) is 8.26. The summed E-state index contributed by atoms with van der Waals surface area (Å²) < 4.78 is 4.51. The summed E-state index contributed by atoms with van der Waals surface area (Å²) in [7, 11) is 0. The topological polar surface area (TPSA) is 51.9 Å². The number of hydrogen-bond donors (Lipinski definition) is 1. The maximum Gasteiger partial charge on any atom is 0.253 e. The fourth-order valence-corrected chi connectivity index (χ4v) is 4.55. The summed E-state index contributed by atoms with van der Waals surface area (Å²) in [5, 5.41) is 0. The van der Waals surface area contributed by atoms with E-state index >= 15 is 0 Å². The van der Waals surface area contributed by atoms with E-state index in [1.807, 2.05) is 66.7 Å². The Morgan fingerprint density at radius 1 is 0.879 bits per heavy atom. The average Bonchev–Trinajstić information content (AvgIpc) is 3.17. The predicted molar refractivity (Wildman–Crippen MR) is 127 cm³/mol. The van der Waals surface area contributed by atoms with Crippen LogP contribution < -0.4 is 27.3 Å². The van der Waals surface area contributed by atoms with Crippen LogP contribution in [-0.2, 0) is 23.3 Å². The van der Waals surface area contributed by atoms with Crippen LogP contribution in [0.25, 0.3) is 0 Å². The zero-order chi connectivity index (χ0) is 22.4. The van der Waals surface area contributed by atoms with E-state index in [1.165, 1.54) is 11.4 Å². The van der Waals surface area contributed by atoms with Crippen LogP contribution >= 0.6 is 0 Å². The fourth-order valence-electron chi connectivity index (χ4n) is 4.55. The first-order chi connectivity index (χ1) is 15.6. The molecule has 0 unspecified atom stereocenters. The molecule has 0 aliphatic heterocycles. The molecule has 0 spiro atoms. The van der Waals surface area contributed by atoms with E-state index in [0.29, 0.717) is 6.42 Å². The highest BCUT2D eigenvalue weighted by Gasteiger charge is 2.40.